The zero-order chi connectivity index (χ0) is 17.8. The molecule has 0 unspecified atom stereocenters. The van der Waals surface area contributed by atoms with Crippen LogP contribution < -0.4 is 5.32 Å². The lowest BCUT2D eigenvalue weighted by Crippen LogP contribution is -2.49. The molecule has 2 aliphatic heterocycles. The SMILES string of the molecule is CNC(=O)[C@@]12CCC3(CCN(S(C)(=O)=O)CC3)[C@@H]1CN(C(C)=O)C2. The molecule has 0 aromatic heterocycles. The second kappa shape index (κ2) is 5.69. The first-order valence-electron chi connectivity index (χ1n) is 8.57. The molecule has 3 fully saturated rings. The Hall–Kier alpha value is -1.15. The Morgan fingerprint density at radius 3 is 2.25 bits per heavy atom. The number of hydrogen-bond donors (Lipinski definition) is 1. The molecule has 8 heteroatoms. The normalized spacial score (nSPS) is 32.8. The van der Waals surface area contributed by atoms with Gasteiger partial charge in [-0.05, 0) is 37.0 Å². The van der Waals surface area contributed by atoms with Gasteiger partial charge >= 0.3 is 0 Å². The predicted octanol–water partition coefficient (Wildman–Crippen LogP) is 0.0327. The van der Waals surface area contributed by atoms with Gasteiger partial charge in [0.05, 0.1) is 11.7 Å². The molecule has 0 aromatic carbocycles. The third-order valence-electron chi connectivity index (χ3n) is 6.66. The van der Waals surface area contributed by atoms with Crippen molar-refractivity contribution in [3.63, 3.8) is 0 Å². The van der Waals surface area contributed by atoms with Crippen LogP contribution in [0.1, 0.15) is 32.6 Å². The zero-order valence-corrected chi connectivity index (χ0v) is 15.5. The minimum atomic E-state index is -3.17. The number of carbonyl (C=O) groups excluding carboxylic acids is 2. The van der Waals surface area contributed by atoms with Crippen LogP contribution in [0.3, 0.4) is 0 Å². The fourth-order valence-corrected chi connectivity index (χ4v) is 6.13. The average Bonchev–Trinajstić information content (AvgIpc) is 3.04. The molecule has 1 saturated carbocycles. The lowest BCUT2D eigenvalue weighted by atomic mass is 9.66. The van der Waals surface area contributed by atoms with E-state index in [1.165, 1.54) is 10.6 Å². The van der Waals surface area contributed by atoms with Crippen molar-refractivity contribution >= 4 is 21.8 Å². The lowest BCUT2D eigenvalue weighted by Gasteiger charge is -2.43. The van der Waals surface area contributed by atoms with Crippen LogP contribution in [0.25, 0.3) is 0 Å². The first-order chi connectivity index (χ1) is 11.1. The fourth-order valence-electron chi connectivity index (χ4n) is 5.28. The molecular weight excluding hydrogens is 330 g/mol. The molecule has 2 amide bonds. The molecule has 0 radical (unpaired) electrons. The summed E-state index contributed by atoms with van der Waals surface area (Å²) in [7, 11) is -1.51. The van der Waals surface area contributed by atoms with Gasteiger partial charge in [0, 0.05) is 40.2 Å². The molecule has 2 heterocycles. The van der Waals surface area contributed by atoms with Crippen molar-refractivity contribution in [1.29, 1.82) is 0 Å². The van der Waals surface area contributed by atoms with Crippen LogP contribution in [0, 0.1) is 16.7 Å². The van der Waals surface area contributed by atoms with E-state index in [1.54, 1.807) is 18.9 Å². The van der Waals surface area contributed by atoms with Gasteiger partial charge in [-0.1, -0.05) is 0 Å². The third-order valence-corrected chi connectivity index (χ3v) is 7.97. The number of piperidine rings is 1. The van der Waals surface area contributed by atoms with Gasteiger partial charge in [-0.15, -0.1) is 0 Å². The first kappa shape index (κ1) is 17.7. The minimum Gasteiger partial charge on any atom is -0.359 e. The second-order valence-corrected chi connectivity index (χ2v) is 9.69. The van der Waals surface area contributed by atoms with Gasteiger partial charge in [0.2, 0.25) is 21.8 Å². The highest BCUT2D eigenvalue weighted by Gasteiger charge is 2.64. The van der Waals surface area contributed by atoms with E-state index in [1.807, 2.05) is 0 Å². The van der Waals surface area contributed by atoms with Crippen molar-refractivity contribution < 1.29 is 18.0 Å². The summed E-state index contributed by atoms with van der Waals surface area (Å²) in [6.45, 7) is 3.68. The van der Waals surface area contributed by atoms with Crippen LogP contribution in [-0.2, 0) is 19.6 Å². The molecule has 2 atom stereocenters. The van der Waals surface area contributed by atoms with E-state index in [0.717, 1.165) is 25.7 Å². The van der Waals surface area contributed by atoms with Crippen LogP contribution in [0.15, 0.2) is 0 Å². The summed E-state index contributed by atoms with van der Waals surface area (Å²) in [4.78, 5) is 26.4. The van der Waals surface area contributed by atoms with E-state index < -0.39 is 15.4 Å². The monoisotopic (exact) mass is 357 g/mol. The molecule has 1 aliphatic carbocycles. The molecule has 3 rings (SSSR count). The van der Waals surface area contributed by atoms with E-state index >= 15 is 0 Å². The Kier molecular flexibility index (Phi) is 4.19. The van der Waals surface area contributed by atoms with Crippen molar-refractivity contribution in [2.24, 2.45) is 16.7 Å². The Bertz CT molecular complexity index is 654. The zero-order valence-electron chi connectivity index (χ0n) is 14.7. The van der Waals surface area contributed by atoms with Gasteiger partial charge in [-0.25, -0.2) is 12.7 Å². The Morgan fingerprint density at radius 2 is 1.75 bits per heavy atom. The smallest absolute Gasteiger partial charge is 0.228 e. The maximum absolute atomic E-state index is 12.7. The second-order valence-electron chi connectivity index (χ2n) is 7.71. The summed E-state index contributed by atoms with van der Waals surface area (Å²) in [5, 5.41) is 2.80. The molecule has 136 valence electrons. The number of fused-ring (bicyclic) bond motifs is 2. The van der Waals surface area contributed by atoms with Crippen LogP contribution in [-0.4, -0.2) is 68.9 Å². The van der Waals surface area contributed by atoms with Crippen LogP contribution in [0.5, 0.6) is 0 Å². The molecule has 0 aromatic rings. The summed E-state index contributed by atoms with van der Waals surface area (Å²) in [5.41, 5.74) is -0.536. The average molecular weight is 357 g/mol. The molecular formula is C16H27N3O4S. The summed E-state index contributed by atoms with van der Waals surface area (Å²) in [5.74, 6) is 0.158. The van der Waals surface area contributed by atoms with Gasteiger partial charge in [0.15, 0.2) is 0 Å². The summed E-state index contributed by atoms with van der Waals surface area (Å²) < 4.78 is 25.1. The number of amides is 2. The highest BCUT2D eigenvalue weighted by molar-refractivity contribution is 7.88. The molecule has 2 saturated heterocycles. The number of nitrogens with one attached hydrogen (secondary N) is 1. The van der Waals surface area contributed by atoms with Crippen LogP contribution in [0.2, 0.25) is 0 Å². The summed E-state index contributed by atoms with van der Waals surface area (Å²) in [6.07, 6.45) is 4.51. The van der Waals surface area contributed by atoms with Gasteiger partial charge in [0.1, 0.15) is 0 Å². The van der Waals surface area contributed by atoms with Crippen molar-refractivity contribution in [1.82, 2.24) is 14.5 Å². The predicted molar refractivity (Wildman–Crippen MR) is 89.6 cm³/mol. The van der Waals surface area contributed by atoms with E-state index in [4.69, 9.17) is 0 Å². The van der Waals surface area contributed by atoms with E-state index in [9.17, 15) is 18.0 Å². The van der Waals surface area contributed by atoms with E-state index in [2.05, 4.69) is 5.32 Å². The highest BCUT2D eigenvalue weighted by Crippen LogP contribution is 2.62. The van der Waals surface area contributed by atoms with Crippen molar-refractivity contribution in [3.05, 3.63) is 0 Å². The topological polar surface area (TPSA) is 86.8 Å². The Morgan fingerprint density at radius 1 is 1.12 bits per heavy atom. The standard InChI is InChI=1S/C16H27N3O4S/c1-12(20)18-10-13-15(4-5-16(13,11-18)14(21)17-2)6-8-19(9-7-15)24(3,22)23/h13H,4-11H2,1-3H3,(H,17,21)/t13-,16+/m0/s1. The minimum absolute atomic E-state index is 0.0106. The number of rotatable bonds is 2. The van der Waals surface area contributed by atoms with Gasteiger partial charge in [-0.3, -0.25) is 9.59 Å². The van der Waals surface area contributed by atoms with Crippen molar-refractivity contribution in [2.75, 3.05) is 39.5 Å². The van der Waals surface area contributed by atoms with Gasteiger partial charge in [0.25, 0.3) is 0 Å². The number of sulfonamides is 1. The molecule has 1 spiro atoms. The number of likely N-dealkylation sites (tertiary alicyclic amines) is 1. The van der Waals surface area contributed by atoms with Crippen LogP contribution in [0.4, 0.5) is 0 Å². The Balaban J connectivity index is 1.87. The van der Waals surface area contributed by atoms with Crippen molar-refractivity contribution in [3.8, 4) is 0 Å². The molecule has 24 heavy (non-hydrogen) atoms. The number of nitrogens with zero attached hydrogens (tertiary/aromatic N) is 2. The first-order valence-corrected chi connectivity index (χ1v) is 10.4. The number of carbonyl (C=O) groups is 2. The lowest BCUT2D eigenvalue weighted by molar-refractivity contribution is -0.133. The fraction of sp³-hybridized carbons (Fsp3) is 0.875. The maximum Gasteiger partial charge on any atom is 0.228 e. The molecule has 7 nitrogen and oxygen atoms in total. The van der Waals surface area contributed by atoms with Gasteiger partial charge < -0.3 is 10.2 Å². The summed E-state index contributed by atoms with van der Waals surface area (Å²) in [6, 6.07) is 0. The summed E-state index contributed by atoms with van der Waals surface area (Å²) >= 11 is 0. The quantitative estimate of drug-likeness (QED) is 0.756. The van der Waals surface area contributed by atoms with Crippen molar-refractivity contribution in [2.45, 2.75) is 32.6 Å². The number of hydrogen-bond acceptors (Lipinski definition) is 4. The van der Waals surface area contributed by atoms with Gasteiger partial charge in [-0.2, -0.15) is 0 Å². The molecule has 1 N–H and O–H groups in total. The van der Waals surface area contributed by atoms with E-state index in [0.29, 0.717) is 26.2 Å². The molecule has 0 bridgehead atoms. The highest BCUT2D eigenvalue weighted by atomic mass is 32.2. The Labute approximate surface area is 143 Å². The van der Waals surface area contributed by atoms with E-state index in [-0.39, 0.29) is 23.1 Å². The largest absolute Gasteiger partial charge is 0.359 e. The maximum atomic E-state index is 12.7. The third kappa shape index (κ3) is 2.54. The van der Waals surface area contributed by atoms with Crippen LogP contribution >= 0.6 is 0 Å². The molecule has 3 aliphatic rings.